The molecule has 0 aliphatic rings. The predicted octanol–water partition coefficient (Wildman–Crippen LogP) is 4.04. The van der Waals surface area contributed by atoms with Gasteiger partial charge in [0.15, 0.2) is 0 Å². The standard InChI is InChI=1S/C11H11F6NS/c1-5(18)9(19)6-2-7(10(12,13)14)4-8(3-6)11(15,16)17/h2-5,9,19H,18H2,1H3. The second-order valence-electron chi connectivity index (χ2n) is 4.14. The van der Waals surface area contributed by atoms with Gasteiger partial charge in [0, 0.05) is 11.3 Å². The third kappa shape index (κ3) is 4.04. The van der Waals surface area contributed by atoms with E-state index in [0.717, 1.165) is 0 Å². The number of alkyl halides is 6. The Bertz CT molecular complexity index is 419. The van der Waals surface area contributed by atoms with Crippen LogP contribution in [0.15, 0.2) is 18.2 Å². The minimum atomic E-state index is -4.86. The second-order valence-corrected chi connectivity index (χ2v) is 4.70. The molecule has 0 saturated carbocycles. The van der Waals surface area contributed by atoms with Crippen LogP contribution in [-0.2, 0) is 12.4 Å². The largest absolute Gasteiger partial charge is 0.416 e. The maximum absolute atomic E-state index is 12.6. The molecule has 19 heavy (non-hydrogen) atoms. The first-order valence-corrected chi connectivity index (χ1v) is 5.67. The van der Waals surface area contributed by atoms with Gasteiger partial charge in [-0.1, -0.05) is 0 Å². The Kier molecular flexibility index (Phi) is 4.46. The van der Waals surface area contributed by atoms with Crippen LogP contribution in [0.25, 0.3) is 0 Å². The van der Waals surface area contributed by atoms with Gasteiger partial charge in [0.1, 0.15) is 0 Å². The molecule has 2 N–H and O–H groups in total. The lowest BCUT2D eigenvalue weighted by Gasteiger charge is -2.19. The minimum Gasteiger partial charge on any atom is -0.327 e. The zero-order chi connectivity index (χ0) is 15.0. The summed E-state index contributed by atoms with van der Waals surface area (Å²) in [4.78, 5) is 0. The molecule has 0 spiro atoms. The highest BCUT2D eigenvalue weighted by molar-refractivity contribution is 7.80. The molecular formula is C11H11F6NS. The second kappa shape index (κ2) is 5.24. The lowest BCUT2D eigenvalue weighted by Crippen LogP contribution is -2.22. The van der Waals surface area contributed by atoms with Crippen LogP contribution < -0.4 is 5.73 Å². The molecular weight excluding hydrogens is 292 g/mol. The molecule has 0 saturated heterocycles. The molecule has 0 aliphatic carbocycles. The molecule has 0 fully saturated rings. The third-order valence-electron chi connectivity index (χ3n) is 2.45. The summed E-state index contributed by atoms with van der Waals surface area (Å²) in [7, 11) is 0. The Morgan fingerprint density at radius 2 is 1.32 bits per heavy atom. The number of thiol groups is 1. The number of benzene rings is 1. The van der Waals surface area contributed by atoms with E-state index in [1.807, 2.05) is 0 Å². The Morgan fingerprint density at radius 3 is 1.58 bits per heavy atom. The van der Waals surface area contributed by atoms with Crippen molar-refractivity contribution in [1.82, 2.24) is 0 Å². The smallest absolute Gasteiger partial charge is 0.327 e. The summed E-state index contributed by atoms with van der Waals surface area (Å²) >= 11 is 3.94. The van der Waals surface area contributed by atoms with E-state index in [4.69, 9.17) is 5.73 Å². The topological polar surface area (TPSA) is 26.0 Å². The van der Waals surface area contributed by atoms with Gasteiger partial charge >= 0.3 is 12.4 Å². The average Bonchev–Trinajstić information content (AvgIpc) is 2.24. The first-order valence-electron chi connectivity index (χ1n) is 5.16. The van der Waals surface area contributed by atoms with Crippen molar-refractivity contribution in [3.05, 3.63) is 34.9 Å². The first-order chi connectivity index (χ1) is 8.43. The van der Waals surface area contributed by atoms with E-state index < -0.39 is 34.8 Å². The van der Waals surface area contributed by atoms with Gasteiger partial charge in [-0.15, -0.1) is 0 Å². The van der Waals surface area contributed by atoms with E-state index in [1.165, 1.54) is 6.92 Å². The number of nitrogens with two attached hydrogens (primary N) is 1. The zero-order valence-corrected chi connectivity index (χ0v) is 10.6. The number of halogens is 6. The van der Waals surface area contributed by atoms with Gasteiger partial charge in [0.25, 0.3) is 0 Å². The highest BCUT2D eigenvalue weighted by Crippen LogP contribution is 2.38. The number of rotatable bonds is 2. The molecule has 108 valence electrons. The molecule has 1 aromatic carbocycles. The van der Waals surface area contributed by atoms with Crippen LogP contribution in [-0.4, -0.2) is 6.04 Å². The summed E-state index contributed by atoms with van der Waals surface area (Å²) in [5.74, 6) is 0. The zero-order valence-electron chi connectivity index (χ0n) is 9.68. The molecule has 2 atom stereocenters. The van der Waals surface area contributed by atoms with Gasteiger partial charge in [-0.25, -0.2) is 0 Å². The fourth-order valence-electron chi connectivity index (χ4n) is 1.45. The van der Waals surface area contributed by atoms with Gasteiger partial charge in [-0.2, -0.15) is 39.0 Å². The van der Waals surface area contributed by atoms with Gasteiger partial charge in [0.05, 0.1) is 11.1 Å². The SMILES string of the molecule is CC(N)C(S)c1cc(C(F)(F)F)cc(C(F)(F)F)c1. The van der Waals surface area contributed by atoms with Crippen molar-refractivity contribution < 1.29 is 26.3 Å². The van der Waals surface area contributed by atoms with Crippen LogP contribution in [0.2, 0.25) is 0 Å². The van der Waals surface area contributed by atoms with Crippen LogP contribution in [0, 0.1) is 0 Å². The van der Waals surface area contributed by atoms with Crippen LogP contribution in [0.3, 0.4) is 0 Å². The predicted molar refractivity (Wildman–Crippen MR) is 61.8 cm³/mol. The molecule has 0 amide bonds. The van der Waals surface area contributed by atoms with Crippen molar-refractivity contribution in [2.75, 3.05) is 0 Å². The molecule has 0 bridgehead atoms. The van der Waals surface area contributed by atoms with Gasteiger partial charge < -0.3 is 5.73 Å². The molecule has 2 unspecified atom stereocenters. The Morgan fingerprint density at radius 1 is 0.947 bits per heavy atom. The van der Waals surface area contributed by atoms with Crippen molar-refractivity contribution in [2.45, 2.75) is 30.6 Å². The highest BCUT2D eigenvalue weighted by Gasteiger charge is 2.37. The summed E-state index contributed by atoms with van der Waals surface area (Å²) in [6.07, 6.45) is -9.72. The van der Waals surface area contributed by atoms with Gasteiger partial charge in [-0.3, -0.25) is 0 Å². The monoisotopic (exact) mass is 303 g/mol. The molecule has 0 heterocycles. The maximum atomic E-state index is 12.6. The van der Waals surface area contributed by atoms with E-state index in [0.29, 0.717) is 12.1 Å². The highest BCUT2D eigenvalue weighted by atomic mass is 32.1. The maximum Gasteiger partial charge on any atom is 0.416 e. The van der Waals surface area contributed by atoms with E-state index in [9.17, 15) is 26.3 Å². The average molecular weight is 303 g/mol. The summed E-state index contributed by atoms with van der Waals surface area (Å²) in [5, 5.41) is -0.914. The molecule has 0 radical (unpaired) electrons. The Hall–Kier alpha value is -0.890. The quantitative estimate of drug-likeness (QED) is 0.626. The molecule has 1 rings (SSSR count). The normalized spacial score (nSPS) is 16.3. The summed E-state index contributed by atoms with van der Waals surface area (Å²) in [5.41, 5.74) is 2.51. The lowest BCUT2D eigenvalue weighted by molar-refractivity contribution is -0.143. The number of hydrogen-bond acceptors (Lipinski definition) is 2. The van der Waals surface area contributed by atoms with Crippen molar-refractivity contribution in [3.8, 4) is 0 Å². The molecule has 0 aromatic heterocycles. The van der Waals surface area contributed by atoms with E-state index in [2.05, 4.69) is 12.6 Å². The Balaban J connectivity index is 3.41. The molecule has 0 aliphatic heterocycles. The van der Waals surface area contributed by atoms with Crippen molar-refractivity contribution in [3.63, 3.8) is 0 Å². The minimum absolute atomic E-state index is 0.0746. The molecule has 8 heteroatoms. The van der Waals surface area contributed by atoms with Crippen molar-refractivity contribution in [2.24, 2.45) is 5.73 Å². The van der Waals surface area contributed by atoms with E-state index in [1.54, 1.807) is 0 Å². The summed E-state index contributed by atoms with van der Waals surface area (Å²) in [6.45, 7) is 1.45. The third-order valence-corrected chi connectivity index (χ3v) is 3.22. The summed E-state index contributed by atoms with van der Waals surface area (Å²) < 4.78 is 75.5. The Labute approximate surface area is 111 Å². The fraction of sp³-hybridized carbons (Fsp3) is 0.455. The fourth-order valence-corrected chi connectivity index (χ4v) is 1.60. The van der Waals surface area contributed by atoms with Gasteiger partial charge in [0.2, 0.25) is 0 Å². The lowest BCUT2D eigenvalue weighted by atomic mass is 10.00. The first kappa shape index (κ1) is 16.2. The molecule has 1 nitrogen and oxygen atoms in total. The van der Waals surface area contributed by atoms with E-state index >= 15 is 0 Å². The summed E-state index contributed by atoms with van der Waals surface area (Å²) in [6, 6.07) is 0.658. The van der Waals surface area contributed by atoms with Crippen LogP contribution in [0.1, 0.15) is 28.9 Å². The van der Waals surface area contributed by atoms with Crippen LogP contribution in [0.5, 0.6) is 0 Å². The number of hydrogen-bond donors (Lipinski definition) is 2. The van der Waals surface area contributed by atoms with Gasteiger partial charge in [-0.05, 0) is 30.7 Å². The van der Waals surface area contributed by atoms with Crippen LogP contribution in [0.4, 0.5) is 26.3 Å². The van der Waals surface area contributed by atoms with E-state index in [-0.39, 0.29) is 11.6 Å². The van der Waals surface area contributed by atoms with Crippen molar-refractivity contribution >= 4 is 12.6 Å². The van der Waals surface area contributed by atoms with Crippen molar-refractivity contribution in [1.29, 1.82) is 0 Å². The van der Waals surface area contributed by atoms with Crippen LogP contribution >= 0.6 is 12.6 Å². The molecule has 1 aromatic rings.